The van der Waals surface area contributed by atoms with Gasteiger partial charge < -0.3 is 46.6 Å². The lowest BCUT2D eigenvalue weighted by atomic mass is 9.62. The van der Waals surface area contributed by atoms with Gasteiger partial charge in [0, 0.05) is 78.6 Å². The van der Waals surface area contributed by atoms with Gasteiger partial charge in [0.05, 0.1) is 41.3 Å². The number of carbonyl (C=O) groups is 2. The molecule has 2 aliphatic heterocycles. The molecule has 19 heteroatoms. The van der Waals surface area contributed by atoms with Crippen molar-refractivity contribution in [3.8, 4) is 28.8 Å². The Morgan fingerprint density at radius 2 is 1.66 bits per heavy atom. The number of nitrogen functional groups attached to an aromatic ring is 1. The van der Waals surface area contributed by atoms with Crippen LogP contribution in [0.15, 0.2) is 109 Å². The second-order valence-corrected chi connectivity index (χ2v) is 20.4. The Morgan fingerprint density at radius 3 is 2.35 bits per heavy atom. The number of rotatable bonds is 16. The van der Waals surface area contributed by atoms with Gasteiger partial charge in [-0.3, -0.25) is 9.59 Å². The number of amides is 2. The summed E-state index contributed by atoms with van der Waals surface area (Å²) in [5.74, 6) is -3.17. The number of piperazine rings is 1. The molecule has 14 nitrogen and oxygen atoms in total. The van der Waals surface area contributed by atoms with Gasteiger partial charge in [0.1, 0.15) is 28.5 Å². The first-order valence-corrected chi connectivity index (χ1v) is 24.8. The van der Waals surface area contributed by atoms with Crippen molar-refractivity contribution in [3.05, 3.63) is 153 Å². The monoisotopic (exact) mass is 1070 g/mol. The van der Waals surface area contributed by atoms with Crippen molar-refractivity contribution in [1.82, 2.24) is 26.1 Å². The number of hydrogen-bond acceptors (Lipinski definition) is 12. The minimum atomic E-state index is -1.80. The molecule has 6 aromatic rings. The number of methoxy groups -OCH3 is 1. The molecule has 2 fully saturated rings. The minimum absolute atomic E-state index is 0. The highest BCUT2D eigenvalue weighted by molar-refractivity contribution is 6.31. The van der Waals surface area contributed by atoms with Crippen molar-refractivity contribution in [2.45, 2.75) is 63.6 Å². The van der Waals surface area contributed by atoms with Crippen LogP contribution < -0.4 is 41.5 Å². The molecule has 0 saturated carbocycles. The van der Waals surface area contributed by atoms with Crippen molar-refractivity contribution >= 4 is 70.3 Å². The average Bonchev–Trinajstić information content (AvgIpc) is 3.69. The number of nitriles is 1. The second-order valence-electron chi connectivity index (χ2n) is 19.5. The molecule has 0 spiro atoms. The number of nitrogens with zero attached hydrogens (tertiary/aromatic N) is 5. The third-order valence-corrected chi connectivity index (χ3v) is 14.0. The van der Waals surface area contributed by atoms with E-state index in [1.54, 1.807) is 24.3 Å². The summed E-state index contributed by atoms with van der Waals surface area (Å²) in [6.07, 6.45) is 0.965. The van der Waals surface area contributed by atoms with Gasteiger partial charge in [-0.25, -0.2) is 8.78 Å². The molecule has 3 heterocycles. The molecule has 7 N–H and O–H groups in total. The van der Waals surface area contributed by atoms with Crippen LogP contribution in [0.2, 0.25) is 10.0 Å². The number of ether oxygens (including phenoxy) is 1. The van der Waals surface area contributed by atoms with Crippen LogP contribution in [0.25, 0.3) is 11.3 Å². The van der Waals surface area contributed by atoms with E-state index in [0.717, 1.165) is 49.2 Å². The predicted molar refractivity (Wildman–Crippen MR) is 290 cm³/mol. The van der Waals surface area contributed by atoms with Crippen molar-refractivity contribution in [3.63, 3.8) is 0 Å². The van der Waals surface area contributed by atoms with Crippen LogP contribution in [0.5, 0.6) is 11.5 Å². The number of benzene rings is 5. The fourth-order valence-electron chi connectivity index (χ4n) is 9.95. The maximum absolute atomic E-state index is 16.2. The fourth-order valence-corrected chi connectivity index (χ4v) is 10.3. The molecule has 2 aliphatic rings. The van der Waals surface area contributed by atoms with E-state index in [9.17, 15) is 20.0 Å². The summed E-state index contributed by atoms with van der Waals surface area (Å²) in [5.41, 5.74) is 8.68. The molecule has 1 aromatic heterocycles. The standard InChI is InChI=1S/C55H58Cl2F2N10O4.ClH/c1-54(2,3)30-47-55(32-60,39-19-16-35(56)28-41(39)58)48(38-10-7-11-40(57)49(38)59)50(65-47)53(72)64-42-20-15-34(27-46(42)73-4)52(71)63-22-8-21-62-31-33-13-17-36(18-14-33)68-23-25-69(26-24-68)44-29-43(66-67-51(44)61)37-9-5-6-12-45(37)70;/h5-7,9-20,27-29,47-48,50,62,65,70H,8,21-26,30-31H2,1-4H3,(H2,61,67)(H,63,71)(H,64,72);1H/t47-,48-,50+,55-;/m0./s1. The molecule has 74 heavy (non-hydrogen) atoms. The Bertz CT molecular complexity index is 3020. The van der Waals surface area contributed by atoms with Gasteiger partial charge in [0.25, 0.3) is 5.91 Å². The fraction of sp³-hybridized carbons (Fsp3) is 0.327. The average molecular weight is 1070 g/mol. The topological polar surface area (TPSA) is 194 Å². The van der Waals surface area contributed by atoms with Crippen LogP contribution in [-0.4, -0.2) is 85.6 Å². The maximum atomic E-state index is 16.2. The maximum Gasteiger partial charge on any atom is 0.251 e. The van der Waals surface area contributed by atoms with Gasteiger partial charge in [-0.15, -0.1) is 22.6 Å². The largest absolute Gasteiger partial charge is 0.507 e. The van der Waals surface area contributed by atoms with Gasteiger partial charge in [-0.05, 0) is 103 Å². The normalized spacial score (nSPS) is 18.6. The summed E-state index contributed by atoms with van der Waals surface area (Å²) in [6.45, 7) is 10.6. The number of aromatic hydroxyl groups is 1. The predicted octanol–water partition coefficient (Wildman–Crippen LogP) is 9.64. The van der Waals surface area contributed by atoms with E-state index in [4.69, 9.17) is 33.7 Å². The van der Waals surface area contributed by atoms with Crippen molar-refractivity contribution in [1.29, 1.82) is 5.26 Å². The Morgan fingerprint density at radius 1 is 0.932 bits per heavy atom. The van der Waals surface area contributed by atoms with Gasteiger partial charge in [0.15, 0.2) is 5.82 Å². The Hall–Kier alpha value is -6.74. The molecule has 2 amide bonds. The van der Waals surface area contributed by atoms with E-state index in [-0.39, 0.29) is 56.7 Å². The summed E-state index contributed by atoms with van der Waals surface area (Å²) in [5, 5.41) is 42.4. The van der Waals surface area contributed by atoms with Gasteiger partial charge in [0.2, 0.25) is 5.91 Å². The molecule has 388 valence electrons. The molecule has 8 rings (SSSR count). The highest BCUT2D eigenvalue weighted by Gasteiger charge is 2.61. The molecule has 2 saturated heterocycles. The van der Waals surface area contributed by atoms with Crippen LogP contribution in [-0.2, 0) is 16.8 Å². The van der Waals surface area contributed by atoms with Gasteiger partial charge in [-0.2, -0.15) is 5.26 Å². The number of halogens is 5. The minimum Gasteiger partial charge on any atom is -0.507 e. The van der Waals surface area contributed by atoms with Crippen LogP contribution in [0.1, 0.15) is 66.6 Å². The first-order valence-electron chi connectivity index (χ1n) is 24.1. The first-order chi connectivity index (χ1) is 35.0. The lowest BCUT2D eigenvalue weighted by Crippen LogP contribution is -2.46. The molecule has 0 bridgehead atoms. The van der Waals surface area contributed by atoms with E-state index in [0.29, 0.717) is 55.1 Å². The van der Waals surface area contributed by atoms with Gasteiger partial charge >= 0.3 is 0 Å². The number of carbonyl (C=O) groups excluding carboxylic acids is 2. The zero-order valence-corrected chi connectivity index (χ0v) is 43.7. The third kappa shape index (κ3) is 11.9. The smallest absolute Gasteiger partial charge is 0.251 e. The summed E-state index contributed by atoms with van der Waals surface area (Å²) >= 11 is 12.5. The zero-order chi connectivity index (χ0) is 52.0. The Kier molecular flexibility index (Phi) is 17.6. The van der Waals surface area contributed by atoms with E-state index in [1.165, 1.54) is 49.6 Å². The van der Waals surface area contributed by atoms with E-state index in [2.05, 4.69) is 71.6 Å². The molecule has 4 atom stereocenters. The lowest BCUT2D eigenvalue weighted by molar-refractivity contribution is -0.118. The number of phenolic OH excluding ortho intramolecular Hbond substituents is 1. The highest BCUT2D eigenvalue weighted by Crippen LogP contribution is 2.53. The second kappa shape index (κ2) is 23.6. The molecule has 5 aromatic carbocycles. The molecular formula is C55H59Cl3F2N10O4. The number of para-hydroxylation sites is 1. The number of phenols is 1. The number of anilines is 4. The SMILES string of the molecule is COc1cc(C(=O)NCCCNCc2ccc(N3CCN(c4cc(-c5ccccc5O)nnc4N)CC3)cc2)ccc1NC(=O)[C@@H]1N[C@@H](CC(C)(C)C)[C@](C#N)(c2ccc(Cl)cc2F)[C@H]1c1cccc(Cl)c1F.Cl. The van der Waals surface area contributed by atoms with E-state index < -0.39 is 46.4 Å². The summed E-state index contributed by atoms with van der Waals surface area (Å²) in [6, 6.07) is 30.5. The number of aromatic nitrogens is 2. The molecular weight excluding hydrogens is 1010 g/mol. The number of nitrogens with one attached hydrogen (secondary N) is 4. The third-order valence-electron chi connectivity index (χ3n) is 13.5. The van der Waals surface area contributed by atoms with Crippen molar-refractivity contribution in [2.75, 3.05) is 67.2 Å². The van der Waals surface area contributed by atoms with Crippen LogP contribution >= 0.6 is 35.6 Å². The summed E-state index contributed by atoms with van der Waals surface area (Å²) < 4.78 is 37.9. The van der Waals surface area contributed by atoms with E-state index in [1.807, 2.05) is 32.9 Å². The van der Waals surface area contributed by atoms with Gasteiger partial charge in [-0.1, -0.05) is 86.4 Å². The van der Waals surface area contributed by atoms with Crippen LogP contribution in [0.4, 0.5) is 31.7 Å². The zero-order valence-electron chi connectivity index (χ0n) is 41.4. The summed E-state index contributed by atoms with van der Waals surface area (Å²) in [4.78, 5) is 32.4. The highest BCUT2D eigenvalue weighted by atomic mass is 35.5. The van der Waals surface area contributed by atoms with Crippen LogP contribution in [0, 0.1) is 28.4 Å². The number of nitrogens with two attached hydrogens (primary N) is 1. The lowest BCUT2D eigenvalue weighted by Gasteiger charge is -2.37. The Labute approximate surface area is 446 Å². The summed E-state index contributed by atoms with van der Waals surface area (Å²) in [7, 11) is 1.41. The van der Waals surface area contributed by atoms with Crippen molar-refractivity contribution in [2.24, 2.45) is 5.41 Å². The molecule has 0 unspecified atom stereocenters. The van der Waals surface area contributed by atoms with Crippen LogP contribution in [0.3, 0.4) is 0 Å². The van der Waals surface area contributed by atoms with Crippen molar-refractivity contribution < 1.29 is 28.2 Å². The molecule has 0 radical (unpaired) electrons. The first kappa shape index (κ1) is 55.0. The molecule has 0 aliphatic carbocycles. The number of hydrogen-bond donors (Lipinski definition) is 6. The quantitative estimate of drug-likeness (QED) is 0.0504. The Balaban J connectivity index is 0.00000800. The van der Waals surface area contributed by atoms with E-state index >= 15 is 8.78 Å².